The second-order valence-electron chi connectivity index (χ2n) is 9.13. The lowest BCUT2D eigenvalue weighted by Gasteiger charge is -2.30. The fourth-order valence-corrected chi connectivity index (χ4v) is 4.36. The lowest BCUT2D eigenvalue weighted by molar-refractivity contribution is -0.142. The van der Waals surface area contributed by atoms with Crippen molar-refractivity contribution in [1.82, 2.24) is 20.9 Å². The number of nitrogens with zero attached hydrogens (tertiary/aromatic N) is 1. The molecule has 1 heterocycles. The zero-order valence-electron chi connectivity index (χ0n) is 22.2. The highest BCUT2D eigenvalue weighted by Crippen LogP contribution is 2.25. The van der Waals surface area contributed by atoms with Crippen LogP contribution in [-0.4, -0.2) is 71.8 Å². The molecule has 4 amide bonds. The molecular weight excluding hydrogens is 502 g/mol. The Labute approximate surface area is 228 Å². The fourth-order valence-electron chi connectivity index (χ4n) is 4.36. The standard InChI is InChI=1S/C27H35N5O4.CH2O2/c1-18(29-2)25(34)30-21(15-16-23(28)33)27(36)32-17-9-14-22(32)26(35)31-24(19-10-5-3-6-11-19)20-12-7-4-8-13-20;2-1-3/h3-8,10-13,18,21-22,24,29H,9,14-17H2,1-2H3,(H2,28,33)(H,30,34)(H,31,35);1H,(H,2,3)/t18-,21-,22-;/m0./s1. The van der Waals surface area contributed by atoms with Crippen molar-refractivity contribution in [3.63, 3.8) is 0 Å². The number of primary amides is 1. The number of benzene rings is 2. The third-order valence-electron chi connectivity index (χ3n) is 6.51. The van der Waals surface area contributed by atoms with Gasteiger partial charge in [-0.05, 0) is 44.4 Å². The molecule has 2 aromatic rings. The van der Waals surface area contributed by atoms with Gasteiger partial charge in [0.2, 0.25) is 23.6 Å². The van der Waals surface area contributed by atoms with Gasteiger partial charge in [-0.25, -0.2) is 0 Å². The van der Waals surface area contributed by atoms with Crippen LogP contribution < -0.4 is 21.7 Å². The number of hydrogen-bond donors (Lipinski definition) is 5. The molecule has 0 spiro atoms. The molecule has 6 N–H and O–H groups in total. The van der Waals surface area contributed by atoms with Crippen molar-refractivity contribution in [2.75, 3.05) is 13.6 Å². The van der Waals surface area contributed by atoms with Crippen molar-refractivity contribution in [1.29, 1.82) is 0 Å². The minimum Gasteiger partial charge on any atom is -0.483 e. The highest BCUT2D eigenvalue weighted by molar-refractivity contribution is 5.94. The zero-order chi connectivity index (χ0) is 28.8. The molecule has 11 nitrogen and oxygen atoms in total. The van der Waals surface area contributed by atoms with Gasteiger partial charge in [-0.15, -0.1) is 0 Å². The van der Waals surface area contributed by atoms with Gasteiger partial charge in [-0.3, -0.25) is 24.0 Å². The van der Waals surface area contributed by atoms with Crippen LogP contribution in [0, 0.1) is 0 Å². The lowest BCUT2D eigenvalue weighted by Crippen LogP contribution is -2.55. The molecule has 1 fully saturated rings. The number of likely N-dealkylation sites (tertiary alicyclic amines) is 1. The summed E-state index contributed by atoms with van der Waals surface area (Å²) >= 11 is 0. The molecule has 3 atom stereocenters. The summed E-state index contributed by atoms with van der Waals surface area (Å²) in [5.41, 5.74) is 7.16. The number of rotatable bonds is 11. The van der Waals surface area contributed by atoms with E-state index < -0.39 is 24.0 Å². The van der Waals surface area contributed by atoms with Crippen LogP contribution >= 0.6 is 0 Å². The summed E-state index contributed by atoms with van der Waals surface area (Å²) < 4.78 is 0. The van der Waals surface area contributed by atoms with Crippen LogP contribution in [0.25, 0.3) is 0 Å². The van der Waals surface area contributed by atoms with Crippen molar-refractivity contribution in [2.45, 2.75) is 56.8 Å². The number of carboxylic acid groups (broad SMARTS) is 1. The molecule has 0 unspecified atom stereocenters. The number of carbonyl (C=O) groups is 5. The monoisotopic (exact) mass is 539 g/mol. The van der Waals surface area contributed by atoms with Gasteiger partial charge in [-0.1, -0.05) is 60.7 Å². The number of likely N-dealkylation sites (N-methyl/N-ethyl adjacent to an activating group) is 1. The van der Waals surface area contributed by atoms with Gasteiger partial charge < -0.3 is 31.7 Å². The molecular formula is C28H37N5O6. The first-order chi connectivity index (χ1) is 18.7. The highest BCUT2D eigenvalue weighted by Gasteiger charge is 2.38. The Morgan fingerprint density at radius 3 is 2.05 bits per heavy atom. The molecule has 3 rings (SSSR count). The van der Waals surface area contributed by atoms with Crippen LogP contribution in [0.3, 0.4) is 0 Å². The third kappa shape index (κ3) is 9.22. The molecule has 11 heteroatoms. The summed E-state index contributed by atoms with van der Waals surface area (Å²) in [6, 6.07) is 16.8. The molecule has 0 aliphatic carbocycles. The molecule has 0 radical (unpaired) electrons. The van der Waals surface area contributed by atoms with Gasteiger partial charge in [0.15, 0.2) is 0 Å². The van der Waals surface area contributed by atoms with Gasteiger partial charge in [-0.2, -0.15) is 0 Å². The van der Waals surface area contributed by atoms with Crippen molar-refractivity contribution in [2.24, 2.45) is 5.73 Å². The van der Waals surface area contributed by atoms with E-state index in [4.69, 9.17) is 15.6 Å². The first-order valence-corrected chi connectivity index (χ1v) is 12.8. The molecule has 2 aromatic carbocycles. The second-order valence-corrected chi connectivity index (χ2v) is 9.13. The van der Waals surface area contributed by atoms with Crippen LogP contribution in [0.4, 0.5) is 0 Å². The number of carbonyl (C=O) groups excluding carboxylic acids is 4. The Morgan fingerprint density at radius 2 is 1.56 bits per heavy atom. The van der Waals surface area contributed by atoms with Gasteiger partial charge in [0.25, 0.3) is 6.47 Å². The molecule has 1 aliphatic rings. The minimum atomic E-state index is -0.951. The maximum Gasteiger partial charge on any atom is 0.290 e. The maximum atomic E-state index is 13.5. The van der Waals surface area contributed by atoms with E-state index in [9.17, 15) is 19.2 Å². The van der Waals surface area contributed by atoms with E-state index in [1.54, 1.807) is 14.0 Å². The summed E-state index contributed by atoms with van der Waals surface area (Å²) in [5, 5.41) is 15.6. The van der Waals surface area contributed by atoms with E-state index in [1.807, 2.05) is 60.7 Å². The van der Waals surface area contributed by atoms with Crippen LogP contribution in [0.2, 0.25) is 0 Å². The van der Waals surface area contributed by atoms with Crippen molar-refractivity contribution in [3.05, 3.63) is 71.8 Å². The zero-order valence-corrected chi connectivity index (χ0v) is 22.2. The second kappa shape index (κ2) is 15.9. The quantitative estimate of drug-likeness (QED) is 0.265. The smallest absolute Gasteiger partial charge is 0.290 e. The summed E-state index contributed by atoms with van der Waals surface area (Å²) in [4.78, 5) is 60.8. The van der Waals surface area contributed by atoms with E-state index >= 15 is 0 Å². The predicted molar refractivity (Wildman–Crippen MR) is 145 cm³/mol. The highest BCUT2D eigenvalue weighted by atomic mass is 16.3. The van der Waals surface area contributed by atoms with Gasteiger partial charge >= 0.3 is 0 Å². The number of amides is 4. The van der Waals surface area contributed by atoms with Crippen LogP contribution in [0.15, 0.2) is 60.7 Å². The van der Waals surface area contributed by atoms with Gasteiger partial charge in [0.05, 0.1) is 12.1 Å². The normalized spacial score (nSPS) is 15.9. The summed E-state index contributed by atoms with van der Waals surface area (Å²) in [6.07, 6.45) is 1.18. The Balaban J connectivity index is 0.00000170. The molecule has 1 aliphatic heterocycles. The Hall–Kier alpha value is -4.25. The van der Waals surface area contributed by atoms with Crippen LogP contribution in [0.1, 0.15) is 49.8 Å². The summed E-state index contributed by atoms with van der Waals surface area (Å²) in [5.74, 6) is -1.58. The van der Waals surface area contributed by atoms with Gasteiger partial charge in [0, 0.05) is 13.0 Å². The van der Waals surface area contributed by atoms with Crippen molar-refractivity contribution >= 4 is 30.1 Å². The summed E-state index contributed by atoms with van der Waals surface area (Å²) in [6.45, 7) is 1.81. The van der Waals surface area contributed by atoms with Crippen LogP contribution in [0.5, 0.6) is 0 Å². The SMILES string of the molecule is CN[C@@H](C)C(=O)N[C@@H](CCC(N)=O)C(=O)N1CCC[C@H]1C(=O)NC(c1ccccc1)c1ccccc1.O=CO. The first-order valence-electron chi connectivity index (χ1n) is 12.8. The lowest BCUT2D eigenvalue weighted by atomic mass is 9.98. The summed E-state index contributed by atoms with van der Waals surface area (Å²) in [7, 11) is 1.64. The maximum absolute atomic E-state index is 13.5. The molecule has 0 bridgehead atoms. The molecule has 210 valence electrons. The van der Waals surface area contributed by atoms with E-state index in [0.717, 1.165) is 11.1 Å². The minimum absolute atomic E-state index is 0.0561. The number of nitrogens with two attached hydrogens (primary N) is 1. The fraction of sp³-hybridized carbons (Fsp3) is 0.393. The van der Waals surface area contributed by atoms with Crippen molar-refractivity contribution < 1.29 is 29.1 Å². The van der Waals surface area contributed by atoms with E-state index in [-0.39, 0.29) is 43.1 Å². The Kier molecular flexibility index (Phi) is 12.6. The third-order valence-corrected chi connectivity index (χ3v) is 6.51. The topological polar surface area (TPSA) is 171 Å². The average Bonchev–Trinajstić information content (AvgIpc) is 3.44. The number of hydrogen-bond acceptors (Lipinski definition) is 6. The Morgan fingerprint density at radius 1 is 1.03 bits per heavy atom. The van der Waals surface area contributed by atoms with E-state index in [0.29, 0.717) is 19.4 Å². The van der Waals surface area contributed by atoms with Crippen LogP contribution in [-0.2, 0) is 24.0 Å². The molecule has 1 saturated heterocycles. The molecule has 0 saturated carbocycles. The van der Waals surface area contributed by atoms with Crippen molar-refractivity contribution in [3.8, 4) is 0 Å². The first kappa shape index (κ1) is 31.0. The molecule has 0 aromatic heterocycles. The average molecular weight is 540 g/mol. The number of nitrogens with one attached hydrogen (secondary N) is 3. The largest absolute Gasteiger partial charge is 0.483 e. The van der Waals surface area contributed by atoms with E-state index in [1.165, 1.54) is 4.90 Å². The predicted octanol–water partition coefficient (Wildman–Crippen LogP) is 0.942. The van der Waals surface area contributed by atoms with E-state index in [2.05, 4.69) is 16.0 Å². The van der Waals surface area contributed by atoms with Gasteiger partial charge in [0.1, 0.15) is 12.1 Å². The Bertz CT molecular complexity index is 1060. The molecule has 39 heavy (non-hydrogen) atoms.